The lowest BCUT2D eigenvalue weighted by molar-refractivity contribution is 0.150. The van der Waals surface area contributed by atoms with Crippen LogP contribution in [0.15, 0.2) is 40.2 Å². The molecule has 2 fully saturated rings. The summed E-state index contributed by atoms with van der Waals surface area (Å²) in [5.74, 6) is 2.10. The molecule has 0 amide bonds. The summed E-state index contributed by atoms with van der Waals surface area (Å²) in [6, 6.07) is 10.1. The van der Waals surface area contributed by atoms with Crippen molar-refractivity contribution in [3.63, 3.8) is 0 Å². The van der Waals surface area contributed by atoms with E-state index in [1.54, 1.807) is 7.05 Å². The Hall–Kier alpha value is -1.44. The third-order valence-corrected chi connectivity index (χ3v) is 6.65. The molecular weight excluding hydrogens is 360 g/mol. The van der Waals surface area contributed by atoms with E-state index in [0.717, 1.165) is 55.9 Å². The third kappa shape index (κ3) is 6.59. The van der Waals surface area contributed by atoms with Gasteiger partial charge in [-0.25, -0.2) is 0 Å². The van der Waals surface area contributed by atoms with Crippen LogP contribution in [0.4, 0.5) is 0 Å². The summed E-state index contributed by atoms with van der Waals surface area (Å²) in [7, 11) is 0.812. The molecule has 3 rings (SSSR count). The second kappa shape index (κ2) is 10.8. The minimum absolute atomic E-state index is 0.451. The molecule has 2 heterocycles. The first-order valence-corrected chi connectivity index (χ1v) is 11.3. The lowest BCUT2D eigenvalue weighted by atomic mass is 10.0. The minimum atomic E-state index is -0.978. The van der Waals surface area contributed by atoms with Crippen LogP contribution in [0.2, 0.25) is 0 Å². The van der Waals surface area contributed by atoms with Crippen molar-refractivity contribution < 1.29 is 8.95 Å². The van der Waals surface area contributed by atoms with Crippen LogP contribution < -0.4 is 10.6 Å². The highest BCUT2D eigenvalue weighted by Crippen LogP contribution is 2.17. The lowest BCUT2D eigenvalue weighted by Crippen LogP contribution is -2.49. The van der Waals surface area contributed by atoms with Crippen LogP contribution >= 0.6 is 0 Å². The Morgan fingerprint density at radius 2 is 2.04 bits per heavy atom. The van der Waals surface area contributed by atoms with E-state index in [1.165, 1.54) is 13.0 Å². The average molecular weight is 393 g/mol. The summed E-state index contributed by atoms with van der Waals surface area (Å²) in [5.41, 5.74) is 0. The van der Waals surface area contributed by atoms with E-state index in [1.807, 2.05) is 30.3 Å². The van der Waals surface area contributed by atoms with Gasteiger partial charge in [-0.05, 0) is 37.3 Å². The lowest BCUT2D eigenvalue weighted by Gasteiger charge is -2.34. The summed E-state index contributed by atoms with van der Waals surface area (Å²) in [4.78, 5) is 7.76. The Morgan fingerprint density at radius 1 is 1.26 bits per heavy atom. The second-order valence-electron chi connectivity index (χ2n) is 7.31. The Bertz CT molecular complexity index is 612. The van der Waals surface area contributed by atoms with Gasteiger partial charge in [0.1, 0.15) is 0 Å². The summed E-state index contributed by atoms with van der Waals surface area (Å²) in [6.07, 6.45) is 3.47. The first kappa shape index (κ1) is 20.3. The molecular formula is C20H32N4O2S. The molecule has 0 aromatic heterocycles. The third-order valence-electron chi connectivity index (χ3n) is 5.28. The van der Waals surface area contributed by atoms with Crippen molar-refractivity contribution in [2.75, 3.05) is 52.2 Å². The fourth-order valence-electron chi connectivity index (χ4n) is 3.69. The zero-order valence-electron chi connectivity index (χ0n) is 16.2. The van der Waals surface area contributed by atoms with Gasteiger partial charge in [-0.3, -0.25) is 9.20 Å². The molecule has 2 atom stereocenters. The number of hydrogen-bond donors (Lipinski definition) is 2. The molecule has 0 aliphatic carbocycles. The van der Waals surface area contributed by atoms with E-state index >= 15 is 0 Å². The molecule has 2 aliphatic heterocycles. The molecule has 0 bridgehead atoms. The van der Waals surface area contributed by atoms with Gasteiger partial charge in [0.15, 0.2) is 5.96 Å². The van der Waals surface area contributed by atoms with E-state index in [-0.39, 0.29) is 0 Å². The fourth-order valence-corrected chi connectivity index (χ4v) is 4.68. The SMILES string of the molecule is CN=C(NCCS(=O)c1ccccc1)NC1CCN(CC2CCOC2)CC1. The number of ether oxygens (including phenoxy) is 1. The predicted octanol–water partition coefficient (Wildman–Crippen LogP) is 1.46. The molecule has 6 nitrogen and oxygen atoms in total. The molecule has 0 saturated carbocycles. The number of nitrogens with zero attached hydrogens (tertiary/aromatic N) is 2. The Balaban J connectivity index is 1.34. The molecule has 2 saturated heterocycles. The molecule has 2 aliphatic rings. The highest BCUT2D eigenvalue weighted by Gasteiger charge is 2.24. The Labute approximate surface area is 165 Å². The molecule has 150 valence electrons. The fraction of sp³-hybridized carbons (Fsp3) is 0.650. The van der Waals surface area contributed by atoms with Crippen LogP contribution in [0.25, 0.3) is 0 Å². The number of guanidine groups is 1. The van der Waals surface area contributed by atoms with Crippen molar-refractivity contribution in [2.24, 2.45) is 10.9 Å². The molecule has 0 radical (unpaired) electrons. The van der Waals surface area contributed by atoms with Gasteiger partial charge in [0.05, 0.1) is 17.4 Å². The maximum atomic E-state index is 12.3. The number of aliphatic imine (C=N–C) groups is 1. The molecule has 7 heteroatoms. The first-order valence-electron chi connectivity index (χ1n) is 9.95. The van der Waals surface area contributed by atoms with Gasteiger partial charge in [-0.2, -0.15) is 0 Å². The van der Waals surface area contributed by atoms with Crippen LogP contribution in [-0.4, -0.2) is 73.3 Å². The van der Waals surface area contributed by atoms with Crippen molar-refractivity contribution in [1.29, 1.82) is 0 Å². The number of rotatable bonds is 7. The molecule has 2 N–H and O–H groups in total. The summed E-state index contributed by atoms with van der Waals surface area (Å²) >= 11 is 0. The molecule has 1 aromatic carbocycles. The number of benzene rings is 1. The van der Waals surface area contributed by atoms with Crippen molar-refractivity contribution >= 4 is 16.8 Å². The van der Waals surface area contributed by atoms with Crippen LogP contribution in [-0.2, 0) is 15.5 Å². The molecule has 27 heavy (non-hydrogen) atoms. The van der Waals surface area contributed by atoms with Crippen molar-refractivity contribution in [1.82, 2.24) is 15.5 Å². The van der Waals surface area contributed by atoms with E-state index in [9.17, 15) is 4.21 Å². The van der Waals surface area contributed by atoms with Gasteiger partial charge in [-0.1, -0.05) is 18.2 Å². The van der Waals surface area contributed by atoms with E-state index in [2.05, 4.69) is 20.5 Å². The van der Waals surface area contributed by atoms with Gasteiger partial charge < -0.3 is 20.3 Å². The van der Waals surface area contributed by atoms with E-state index in [4.69, 9.17) is 4.74 Å². The Kier molecular flexibility index (Phi) is 8.10. The number of likely N-dealkylation sites (tertiary alicyclic amines) is 1. The van der Waals surface area contributed by atoms with E-state index < -0.39 is 10.8 Å². The highest BCUT2D eigenvalue weighted by atomic mass is 32.2. The van der Waals surface area contributed by atoms with Gasteiger partial charge in [0, 0.05) is 56.5 Å². The van der Waals surface area contributed by atoms with Crippen molar-refractivity contribution in [3.05, 3.63) is 30.3 Å². The zero-order chi connectivity index (χ0) is 18.9. The number of nitrogens with one attached hydrogen (secondary N) is 2. The Morgan fingerprint density at radius 3 is 2.70 bits per heavy atom. The monoisotopic (exact) mass is 392 g/mol. The van der Waals surface area contributed by atoms with Crippen LogP contribution in [0, 0.1) is 5.92 Å². The van der Waals surface area contributed by atoms with Crippen LogP contribution in [0.5, 0.6) is 0 Å². The average Bonchev–Trinajstić information content (AvgIpc) is 3.22. The van der Waals surface area contributed by atoms with Crippen LogP contribution in [0.1, 0.15) is 19.3 Å². The summed E-state index contributed by atoms with van der Waals surface area (Å²) in [5, 5.41) is 6.82. The highest BCUT2D eigenvalue weighted by molar-refractivity contribution is 7.85. The van der Waals surface area contributed by atoms with Gasteiger partial charge in [0.25, 0.3) is 0 Å². The minimum Gasteiger partial charge on any atom is -0.381 e. The standard InChI is InChI=1S/C20H32N4O2S/c1-21-20(22-10-14-27(25)19-5-3-2-4-6-19)23-18-7-11-24(12-8-18)15-17-9-13-26-16-17/h2-6,17-18H,7-16H2,1H3,(H2,21,22,23). The predicted molar refractivity (Wildman–Crippen MR) is 111 cm³/mol. The van der Waals surface area contributed by atoms with Gasteiger partial charge in [0.2, 0.25) is 0 Å². The summed E-state index contributed by atoms with van der Waals surface area (Å²) < 4.78 is 17.8. The van der Waals surface area contributed by atoms with Gasteiger partial charge in [-0.15, -0.1) is 0 Å². The normalized spacial score (nSPS) is 23.3. The number of hydrogen-bond acceptors (Lipinski definition) is 4. The van der Waals surface area contributed by atoms with Crippen molar-refractivity contribution in [3.8, 4) is 0 Å². The van der Waals surface area contributed by atoms with E-state index in [0.29, 0.717) is 18.3 Å². The maximum absolute atomic E-state index is 12.3. The van der Waals surface area contributed by atoms with Crippen LogP contribution in [0.3, 0.4) is 0 Å². The molecule has 2 unspecified atom stereocenters. The smallest absolute Gasteiger partial charge is 0.191 e. The molecule has 0 spiro atoms. The molecule has 1 aromatic rings. The largest absolute Gasteiger partial charge is 0.381 e. The quantitative estimate of drug-likeness (QED) is 0.543. The maximum Gasteiger partial charge on any atom is 0.191 e. The first-order chi connectivity index (χ1) is 13.2. The van der Waals surface area contributed by atoms with Gasteiger partial charge >= 0.3 is 0 Å². The van der Waals surface area contributed by atoms with Crippen molar-refractivity contribution in [2.45, 2.75) is 30.2 Å². The zero-order valence-corrected chi connectivity index (χ0v) is 17.0. The topological polar surface area (TPSA) is 66.0 Å². The second-order valence-corrected chi connectivity index (χ2v) is 8.88. The summed E-state index contributed by atoms with van der Waals surface area (Å²) in [6.45, 7) is 5.93. The number of piperidine rings is 1.